The molecule has 1 aliphatic heterocycles. The molecule has 2 aromatic rings. The highest BCUT2D eigenvalue weighted by molar-refractivity contribution is 5.56. The third-order valence-electron chi connectivity index (χ3n) is 4.02. The number of para-hydroxylation sites is 1. The molecule has 1 aromatic carbocycles. The van der Waals surface area contributed by atoms with Gasteiger partial charge < -0.3 is 15.5 Å². The van der Waals surface area contributed by atoms with Crippen molar-refractivity contribution < 1.29 is 0 Å². The van der Waals surface area contributed by atoms with E-state index >= 15 is 0 Å². The number of pyridine rings is 1. The summed E-state index contributed by atoms with van der Waals surface area (Å²) in [5.41, 5.74) is 8.59. The van der Waals surface area contributed by atoms with Gasteiger partial charge in [0.2, 0.25) is 0 Å². The van der Waals surface area contributed by atoms with Crippen LogP contribution in [0.15, 0.2) is 48.7 Å². The van der Waals surface area contributed by atoms with Crippen LogP contribution in [0.5, 0.6) is 0 Å². The smallest absolute Gasteiger partial charge is 0.128 e. The fraction of sp³-hybridized carbons (Fsp3) is 0.353. The van der Waals surface area contributed by atoms with Crippen LogP contribution >= 0.6 is 0 Å². The highest BCUT2D eigenvalue weighted by Gasteiger charge is 2.20. The molecule has 110 valence electrons. The molecular weight excluding hydrogens is 260 g/mol. The molecule has 2 heterocycles. The molecule has 0 radical (unpaired) electrons. The van der Waals surface area contributed by atoms with Crippen LogP contribution in [0.25, 0.3) is 0 Å². The zero-order valence-corrected chi connectivity index (χ0v) is 12.4. The van der Waals surface area contributed by atoms with Crippen molar-refractivity contribution in [1.29, 1.82) is 0 Å². The Morgan fingerprint density at radius 3 is 2.29 bits per heavy atom. The molecule has 1 saturated heterocycles. The van der Waals surface area contributed by atoms with E-state index in [0.717, 1.165) is 32.0 Å². The predicted octanol–water partition coefficient (Wildman–Crippen LogP) is 2.43. The van der Waals surface area contributed by atoms with Gasteiger partial charge >= 0.3 is 0 Å². The van der Waals surface area contributed by atoms with Crippen LogP contribution in [0.1, 0.15) is 18.5 Å². The summed E-state index contributed by atoms with van der Waals surface area (Å²) in [5, 5.41) is 0. The molecule has 2 N–H and O–H groups in total. The van der Waals surface area contributed by atoms with Crippen molar-refractivity contribution in [3.8, 4) is 0 Å². The number of nitrogens with two attached hydrogens (primary N) is 1. The van der Waals surface area contributed by atoms with Gasteiger partial charge in [0.25, 0.3) is 0 Å². The third kappa shape index (κ3) is 3.00. The number of hydrogen-bond acceptors (Lipinski definition) is 4. The predicted molar refractivity (Wildman–Crippen MR) is 87.7 cm³/mol. The number of rotatable bonds is 3. The SMILES string of the molecule is C[C@H](N)c1ccccc1N1CCN(c2ccccn2)CC1. The van der Waals surface area contributed by atoms with Crippen molar-refractivity contribution >= 4 is 11.5 Å². The number of hydrogen-bond donors (Lipinski definition) is 1. The summed E-state index contributed by atoms with van der Waals surface area (Å²) in [6, 6.07) is 14.6. The van der Waals surface area contributed by atoms with Crippen molar-refractivity contribution in [3.05, 3.63) is 54.2 Å². The maximum absolute atomic E-state index is 6.09. The van der Waals surface area contributed by atoms with E-state index in [4.69, 9.17) is 5.73 Å². The summed E-state index contributed by atoms with van der Waals surface area (Å²) >= 11 is 0. The van der Waals surface area contributed by atoms with Gasteiger partial charge in [0, 0.05) is 44.1 Å². The second-order valence-electron chi connectivity index (χ2n) is 5.51. The Balaban J connectivity index is 1.72. The Morgan fingerprint density at radius 1 is 0.952 bits per heavy atom. The highest BCUT2D eigenvalue weighted by atomic mass is 15.3. The molecule has 1 aliphatic rings. The van der Waals surface area contributed by atoms with Gasteiger partial charge in [-0.25, -0.2) is 4.98 Å². The summed E-state index contributed by atoms with van der Waals surface area (Å²) in [4.78, 5) is 9.20. The minimum absolute atomic E-state index is 0.0648. The maximum atomic E-state index is 6.09. The van der Waals surface area contributed by atoms with Gasteiger partial charge in [-0.15, -0.1) is 0 Å². The second kappa shape index (κ2) is 6.14. The van der Waals surface area contributed by atoms with Gasteiger partial charge in [0.05, 0.1) is 0 Å². The first-order valence-electron chi connectivity index (χ1n) is 7.51. The van der Waals surface area contributed by atoms with E-state index in [-0.39, 0.29) is 6.04 Å². The Kier molecular flexibility index (Phi) is 4.06. The molecule has 21 heavy (non-hydrogen) atoms. The fourth-order valence-electron chi connectivity index (χ4n) is 2.88. The Morgan fingerprint density at radius 2 is 1.62 bits per heavy atom. The normalized spacial score (nSPS) is 16.9. The van der Waals surface area contributed by atoms with Crippen LogP contribution in [0.2, 0.25) is 0 Å². The standard InChI is InChI=1S/C17H22N4/c1-14(18)15-6-2-3-7-16(15)20-10-12-21(13-11-20)17-8-4-5-9-19-17/h2-9,14H,10-13,18H2,1H3/t14-/m0/s1. The zero-order chi connectivity index (χ0) is 14.7. The molecule has 0 unspecified atom stereocenters. The average Bonchev–Trinajstić information content (AvgIpc) is 2.56. The monoisotopic (exact) mass is 282 g/mol. The molecule has 0 amide bonds. The Hall–Kier alpha value is -2.07. The lowest BCUT2D eigenvalue weighted by atomic mass is 10.1. The van der Waals surface area contributed by atoms with Crippen molar-refractivity contribution in [3.63, 3.8) is 0 Å². The van der Waals surface area contributed by atoms with Gasteiger partial charge in [0.15, 0.2) is 0 Å². The molecule has 1 aromatic heterocycles. The van der Waals surface area contributed by atoms with Crippen LogP contribution in [0, 0.1) is 0 Å². The van der Waals surface area contributed by atoms with E-state index in [1.165, 1.54) is 11.3 Å². The molecule has 0 bridgehead atoms. The zero-order valence-electron chi connectivity index (χ0n) is 12.4. The number of piperazine rings is 1. The van der Waals surface area contributed by atoms with Gasteiger partial charge in [-0.3, -0.25) is 0 Å². The maximum Gasteiger partial charge on any atom is 0.128 e. The van der Waals surface area contributed by atoms with Gasteiger partial charge in [-0.1, -0.05) is 24.3 Å². The molecule has 0 saturated carbocycles. The van der Waals surface area contributed by atoms with E-state index < -0.39 is 0 Å². The van der Waals surface area contributed by atoms with Crippen LogP contribution in [0.4, 0.5) is 11.5 Å². The van der Waals surface area contributed by atoms with Crippen molar-refractivity contribution in [1.82, 2.24) is 4.98 Å². The van der Waals surface area contributed by atoms with Gasteiger partial charge in [-0.05, 0) is 30.7 Å². The first kappa shape index (κ1) is 13.9. The molecule has 4 nitrogen and oxygen atoms in total. The second-order valence-corrected chi connectivity index (χ2v) is 5.51. The Bertz CT molecular complexity index is 574. The summed E-state index contributed by atoms with van der Waals surface area (Å²) < 4.78 is 0. The number of nitrogens with zero attached hydrogens (tertiary/aromatic N) is 3. The van der Waals surface area contributed by atoms with E-state index in [2.05, 4.69) is 45.1 Å². The largest absolute Gasteiger partial charge is 0.368 e. The van der Waals surface area contributed by atoms with E-state index in [9.17, 15) is 0 Å². The lowest BCUT2D eigenvalue weighted by molar-refractivity contribution is 0.642. The minimum Gasteiger partial charge on any atom is -0.368 e. The minimum atomic E-state index is 0.0648. The first-order chi connectivity index (χ1) is 10.3. The van der Waals surface area contributed by atoms with E-state index in [0.29, 0.717) is 0 Å². The molecule has 1 atom stereocenters. The number of aromatic nitrogens is 1. The fourth-order valence-corrected chi connectivity index (χ4v) is 2.88. The number of benzene rings is 1. The third-order valence-corrected chi connectivity index (χ3v) is 4.02. The summed E-state index contributed by atoms with van der Waals surface area (Å²) in [6.45, 7) is 6.03. The highest BCUT2D eigenvalue weighted by Crippen LogP contribution is 2.26. The van der Waals surface area contributed by atoms with Gasteiger partial charge in [-0.2, -0.15) is 0 Å². The molecular formula is C17H22N4. The topological polar surface area (TPSA) is 45.4 Å². The average molecular weight is 282 g/mol. The summed E-state index contributed by atoms with van der Waals surface area (Å²) in [5.74, 6) is 1.07. The molecule has 0 spiro atoms. The van der Waals surface area contributed by atoms with E-state index in [1.54, 1.807) is 0 Å². The van der Waals surface area contributed by atoms with Crippen molar-refractivity contribution in [2.24, 2.45) is 5.73 Å². The molecule has 0 aliphatic carbocycles. The van der Waals surface area contributed by atoms with Crippen LogP contribution < -0.4 is 15.5 Å². The first-order valence-corrected chi connectivity index (χ1v) is 7.51. The lowest BCUT2D eigenvalue weighted by Crippen LogP contribution is -2.47. The van der Waals surface area contributed by atoms with Crippen LogP contribution in [-0.2, 0) is 0 Å². The van der Waals surface area contributed by atoms with Crippen molar-refractivity contribution in [2.45, 2.75) is 13.0 Å². The molecule has 1 fully saturated rings. The van der Waals surface area contributed by atoms with Crippen LogP contribution in [-0.4, -0.2) is 31.2 Å². The summed E-state index contributed by atoms with van der Waals surface area (Å²) in [7, 11) is 0. The number of anilines is 2. The lowest BCUT2D eigenvalue weighted by Gasteiger charge is -2.37. The Labute approximate surface area is 126 Å². The van der Waals surface area contributed by atoms with Crippen LogP contribution in [0.3, 0.4) is 0 Å². The molecule has 4 heteroatoms. The van der Waals surface area contributed by atoms with Crippen molar-refractivity contribution in [2.75, 3.05) is 36.0 Å². The summed E-state index contributed by atoms with van der Waals surface area (Å²) in [6.07, 6.45) is 1.85. The van der Waals surface area contributed by atoms with Gasteiger partial charge in [0.1, 0.15) is 5.82 Å². The molecule has 3 rings (SSSR count). The quantitative estimate of drug-likeness (QED) is 0.939. The van der Waals surface area contributed by atoms with E-state index in [1.807, 2.05) is 25.3 Å².